The minimum absolute atomic E-state index is 0.0512. The average Bonchev–Trinajstić information content (AvgIpc) is 2.89. The number of carbonyl (C=O) groups is 2. The molecule has 0 aromatic heterocycles. The van der Waals surface area contributed by atoms with E-state index in [4.69, 9.17) is 0 Å². The minimum atomic E-state index is -3.32. The van der Waals surface area contributed by atoms with E-state index < -0.39 is 21.9 Å². The van der Waals surface area contributed by atoms with E-state index in [9.17, 15) is 23.1 Å². The number of sulfone groups is 1. The highest BCUT2D eigenvalue weighted by Gasteiger charge is 2.49. The van der Waals surface area contributed by atoms with Crippen LogP contribution in [0.4, 0.5) is 0 Å². The number of aromatic hydroxyl groups is 1. The number of fused-ring (bicyclic) bond motifs is 1. The molecule has 0 bridgehead atoms. The number of phenols is 1. The fraction of sp³-hybridized carbons (Fsp3) is 0.579. The third-order valence-electron chi connectivity index (χ3n) is 5.28. The zero-order valence-corrected chi connectivity index (χ0v) is 16.7. The van der Waals surface area contributed by atoms with Gasteiger partial charge in [0.05, 0.1) is 23.6 Å². The lowest BCUT2D eigenvalue weighted by Crippen LogP contribution is -2.62. The van der Waals surface area contributed by atoms with Crippen LogP contribution in [0.15, 0.2) is 18.2 Å². The van der Waals surface area contributed by atoms with E-state index in [1.807, 2.05) is 13.8 Å². The summed E-state index contributed by atoms with van der Waals surface area (Å²) in [6.45, 7) is 6.25. The van der Waals surface area contributed by atoms with Crippen molar-refractivity contribution < 1.29 is 23.1 Å². The molecule has 0 unspecified atom stereocenters. The van der Waals surface area contributed by atoms with E-state index in [0.29, 0.717) is 30.6 Å². The Kier molecular flexibility index (Phi) is 5.20. The van der Waals surface area contributed by atoms with Crippen LogP contribution in [-0.4, -0.2) is 71.8 Å². The fourth-order valence-corrected chi connectivity index (χ4v) is 5.92. The third kappa shape index (κ3) is 3.95. The molecule has 0 radical (unpaired) electrons. The molecule has 2 heterocycles. The molecule has 7 nitrogen and oxygen atoms in total. The fourth-order valence-electron chi connectivity index (χ4n) is 3.94. The van der Waals surface area contributed by atoms with Crippen molar-refractivity contribution in [2.75, 3.05) is 24.6 Å². The van der Waals surface area contributed by atoms with Gasteiger partial charge in [-0.2, -0.15) is 0 Å². The molecule has 2 aliphatic rings. The SMILES string of the molecule is Cc1cc(C(=O)N2CCN(C(=O)CC(C)C)[C@@H]3CS(=O)(=O)C[C@@H]32)ccc1O. The molecule has 8 heteroatoms. The Morgan fingerprint density at radius 3 is 2.33 bits per heavy atom. The lowest BCUT2D eigenvalue weighted by atomic mass is 10.0. The van der Waals surface area contributed by atoms with Gasteiger partial charge in [-0.3, -0.25) is 9.59 Å². The normalized spacial score (nSPS) is 24.1. The van der Waals surface area contributed by atoms with Crippen molar-refractivity contribution >= 4 is 21.7 Å². The lowest BCUT2D eigenvalue weighted by Gasteiger charge is -2.44. The van der Waals surface area contributed by atoms with E-state index in [1.165, 1.54) is 6.07 Å². The molecule has 2 aliphatic heterocycles. The van der Waals surface area contributed by atoms with Crippen LogP contribution in [0.3, 0.4) is 0 Å². The Morgan fingerprint density at radius 2 is 1.74 bits per heavy atom. The summed E-state index contributed by atoms with van der Waals surface area (Å²) in [7, 11) is -3.32. The van der Waals surface area contributed by atoms with Gasteiger partial charge in [-0.25, -0.2) is 8.42 Å². The Bertz CT molecular complexity index is 865. The number of carbonyl (C=O) groups excluding carboxylic acids is 2. The number of hydrogen-bond donors (Lipinski definition) is 1. The Balaban J connectivity index is 1.87. The van der Waals surface area contributed by atoms with Gasteiger partial charge in [0.1, 0.15) is 5.75 Å². The van der Waals surface area contributed by atoms with Crippen molar-refractivity contribution in [2.24, 2.45) is 5.92 Å². The molecule has 2 saturated heterocycles. The number of benzene rings is 1. The van der Waals surface area contributed by atoms with E-state index >= 15 is 0 Å². The zero-order chi connectivity index (χ0) is 19.9. The second kappa shape index (κ2) is 7.14. The summed E-state index contributed by atoms with van der Waals surface area (Å²) in [6, 6.07) is 3.60. The average molecular weight is 394 g/mol. The first kappa shape index (κ1) is 19.7. The van der Waals surface area contributed by atoms with E-state index in [2.05, 4.69) is 0 Å². The van der Waals surface area contributed by atoms with Crippen molar-refractivity contribution in [2.45, 2.75) is 39.3 Å². The second-order valence-corrected chi connectivity index (χ2v) is 10.1. The molecule has 0 spiro atoms. The molecule has 0 aliphatic carbocycles. The highest BCUT2D eigenvalue weighted by atomic mass is 32.2. The summed E-state index contributed by atoms with van der Waals surface area (Å²) in [5.74, 6) is -0.234. The first-order valence-corrected chi connectivity index (χ1v) is 11.0. The van der Waals surface area contributed by atoms with E-state index in [-0.39, 0.29) is 35.0 Å². The number of amides is 2. The van der Waals surface area contributed by atoms with Gasteiger partial charge in [-0.1, -0.05) is 13.8 Å². The quantitative estimate of drug-likeness (QED) is 0.831. The number of nitrogens with zero attached hydrogens (tertiary/aromatic N) is 2. The zero-order valence-electron chi connectivity index (χ0n) is 15.9. The summed E-state index contributed by atoms with van der Waals surface area (Å²) in [4.78, 5) is 28.8. The van der Waals surface area contributed by atoms with E-state index in [1.54, 1.807) is 28.9 Å². The molecular formula is C19H26N2O5S. The lowest BCUT2D eigenvalue weighted by molar-refractivity contribution is -0.137. The van der Waals surface area contributed by atoms with Gasteiger partial charge in [0.25, 0.3) is 5.91 Å². The van der Waals surface area contributed by atoms with Crippen LogP contribution in [0.25, 0.3) is 0 Å². The van der Waals surface area contributed by atoms with Crippen molar-refractivity contribution in [3.8, 4) is 5.75 Å². The maximum atomic E-state index is 13.0. The van der Waals surface area contributed by atoms with Gasteiger partial charge in [0.2, 0.25) is 5.91 Å². The van der Waals surface area contributed by atoms with Crippen molar-refractivity contribution in [3.63, 3.8) is 0 Å². The Labute approximate surface area is 159 Å². The maximum absolute atomic E-state index is 13.0. The number of phenolic OH excluding ortho intramolecular Hbond substituents is 1. The molecule has 0 saturated carbocycles. The first-order valence-electron chi connectivity index (χ1n) is 9.19. The molecule has 1 N–H and O–H groups in total. The van der Waals surface area contributed by atoms with Crippen molar-refractivity contribution in [1.82, 2.24) is 9.80 Å². The van der Waals surface area contributed by atoms with Gasteiger partial charge in [0, 0.05) is 25.1 Å². The summed E-state index contributed by atoms with van der Waals surface area (Å²) < 4.78 is 24.6. The van der Waals surface area contributed by atoms with Crippen LogP contribution in [-0.2, 0) is 14.6 Å². The van der Waals surface area contributed by atoms with Crippen LogP contribution in [0, 0.1) is 12.8 Å². The Hall–Kier alpha value is -2.09. The second-order valence-electron chi connectivity index (χ2n) is 7.90. The molecular weight excluding hydrogens is 368 g/mol. The van der Waals surface area contributed by atoms with Gasteiger partial charge in [-0.15, -0.1) is 0 Å². The van der Waals surface area contributed by atoms with Crippen LogP contribution < -0.4 is 0 Å². The summed E-state index contributed by atoms with van der Waals surface area (Å²) in [5, 5.41) is 9.67. The monoisotopic (exact) mass is 394 g/mol. The predicted octanol–water partition coefficient (Wildman–Crippen LogP) is 1.20. The number of piperazine rings is 1. The van der Waals surface area contributed by atoms with Crippen molar-refractivity contribution in [3.05, 3.63) is 29.3 Å². The molecule has 3 rings (SSSR count). The number of hydrogen-bond acceptors (Lipinski definition) is 5. The van der Waals surface area contributed by atoms with Crippen molar-refractivity contribution in [1.29, 1.82) is 0 Å². The van der Waals surface area contributed by atoms with Gasteiger partial charge < -0.3 is 14.9 Å². The molecule has 2 atom stereocenters. The largest absolute Gasteiger partial charge is 0.508 e. The summed E-state index contributed by atoms with van der Waals surface area (Å²) in [6.07, 6.45) is 0.369. The predicted molar refractivity (Wildman–Crippen MR) is 101 cm³/mol. The van der Waals surface area contributed by atoms with Crippen LogP contribution in [0.2, 0.25) is 0 Å². The third-order valence-corrected chi connectivity index (χ3v) is 6.98. The summed E-state index contributed by atoms with van der Waals surface area (Å²) in [5.41, 5.74) is 0.998. The molecule has 27 heavy (non-hydrogen) atoms. The number of rotatable bonds is 3. The molecule has 2 fully saturated rings. The van der Waals surface area contributed by atoms with Crippen LogP contribution in [0.1, 0.15) is 36.2 Å². The van der Waals surface area contributed by atoms with Gasteiger partial charge >= 0.3 is 0 Å². The highest BCUT2D eigenvalue weighted by Crippen LogP contribution is 2.29. The van der Waals surface area contributed by atoms with Crippen LogP contribution >= 0.6 is 0 Å². The maximum Gasteiger partial charge on any atom is 0.254 e. The van der Waals surface area contributed by atoms with E-state index in [0.717, 1.165) is 0 Å². The topological polar surface area (TPSA) is 95.0 Å². The smallest absolute Gasteiger partial charge is 0.254 e. The Morgan fingerprint density at radius 1 is 1.15 bits per heavy atom. The number of aryl methyl sites for hydroxylation is 1. The first-order chi connectivity index (χ1) is 12.6. The molecule has 1 aromatic rings. The molecule has 2 amide bonds. The molecule has 148 valence electrons. The van der Waals surface area contributed by atoms with Crippen LogP contribution in [0.5, 0.6) is 5.75 Å². The molecule has 1 aromatic carbocycles. The van der Waals surface area contributed by atoms with Gasteiger partial charge in [-0.05, 0) is 36.6 Å². The summed E-state index contributed by atoms with van der Waals surface area (Å²) >= 11 is 0. The standard InChI is InChI=1S/C19H26N2O5S/c1-12(2)8-18(23)20-6-7-21(16-11-27(25,26)10-15(16)20)19(24)14-4-5-17(22)13(3)9-14/h4-5,9,12,15-16,22H,6-8,10-11H2,1-3H3/t15-,16+/m1/s1. The minimum Gasteiger partial charge on any atom is -0.508 e. The highest BCUT2D eigenvalue weighted by molar-refractivity contribution is 7.91. The van der Waals surface area contributed by atoms with Gasteiger partial charge in [0.15, 0.2) is 9.84 Å².